The van der Waals surface area contributed by atoms with Crippen molar-refractivity contribution >= 4 is 28.8 Å². The fourth-order valence-electron chi connectivity index (χ4n) is 4.14. The van der Waals surface area contributed by atoms with Crippen molar-refractivity contribution in [2.45, 2.75) is 6.54 Å². The molecule has 10 heteroatoms. The van der Waals surface area contributed by atoms with E-state index in [0.717, 1.165) is 56.6 Å². The van der Waals surface area contributed by atoms with Crippen molar-refractivity contribution in [1.29, 1.82) is 0 Å². The number of benzene rings is 2. The Morgan fingerprint density at radius 3 is 2.58 bits per heavy atom. The zero-order valence-electron chi connectivity index (χ0n) is 19.4. The number of hydrogen-bond donors (Lipinski definition) is 2. The molecule has 3 heterocycles. The van der Waals surface area contributed by atoms with Gasteiger partial charge in [-0.2, -0.15) is 5.10 Å². The number of morpholine rings is 1. The number of hydrogen-bond acceptors (Lipinski definition) is 6. The monoisotopic (exact) mass is 510 g/mol. The maximum atomic E-state index is 14.3. The van der Waals surface area contributed by atoms with E-state index in [-0.39, 0.29) is 10.7 Å². The van der Waals surface area contributed by atoms with Gasteiger partial charge >= 0.3 is 0 Å². The molecule has 0 aliphatic carbocycles. The Hall–Kier alpha value is -3.53. The smallest absolute Gasteiger partial charge is 0.133 e. The first kappa shape index (κ1) is 24.2. The highest BCUT2D eigenvalue weighted by molar-refractivity contribution is 6.29. The summed E-state index contributed by atoms with van der Waals surface area (Å²) in [6.45, 7) is 5.17. The summed E-state index contributed by atoms with van der Waals surface area (Å²) in [7, 11) is 0. The molecule has 1 aliphatic rings. The van der Waals surface area contributed by atoms with Gasteiger partial charge in [0.25, 0.3) is 0 Å². The topological polar surface area (TPSA) is 81.2 Å². The van der Waals surface area contributed by atoms with Gasteiger partial charge in [-0.1, -0.05) is 17.7 Å². The highest BCUT2D eigenvalue weighted by Crippen LogP contribution is 2.32. The van der Waals surface area contributed by atoms with E-state index in [9.17, 15) is 8.78 Å². The number of nitrogens with one attached hydrogen (secondary N) is 1. The predicted molar refractivity (Wildman–Crippen MR) is 137 cm³/mol. The molecule has 4 aromatic rings. The number of nitrogens with zero attached hydrogens (tertiary/aromatic N) is 4. The number of ether oxygens (including phenoxy) is 1. The van der Waals surface area contributed by atoms with E-state index < -0.39 is 11.6 Å². The van der Waals surface area contributed by atoms with E-state index in [4.69, 9.17) is 22.1 Å². The second kappa shape index (κ2) is 10.6. The van der Waals surface area contributed by atoms with E-state index in [1.165, 1.54) is 18.2 Å². The van der Waals surface area contributed by atoms with Crippen molar-refractivity contribution in [3.63, 3.8) is 0 Å². The summed E-state index contributed by atoms with van der Waals surface area (Å²) in [6.07, 6.45) is 3.83. The highest BCUT2D eigenvalue weighted by atomic mass is 35.5. The van der Waals surface area contributed by atoms with Gasteiger partial charge in [-0.15, -0.1) is 0 Å². The first-order valence-electron chi connectivity index (χ1n) is 11.6. The second-order valence-electron chi connectivity index (χ2n) is 8.56. The molecule has 2 aromatic carbocycles. The molecule has 0 spiro atoms. The van der Waals surface area contributed by atoms with Crippen molar-refractivity contribution in [3.8, 4) is 22.3 Å². The van der Waals surface area contributed by atoms with E-state index in [1.807, 2.05) is 35.3 Å². The molecule has 186 valence electrons. The third-order valence-corrected chi connectivity index (χ3v) is 6.26. The van der Waals surface area contributed by atoms with Crippen molar-refractivity contribution in [2.24, 2.45) is 0 Å². The van der Waals surface area contributed by atoms with Crippen molar-refractivity contribution < 1.29 is 13.5 Å². The van der Waals surface area contributed by atoms with Crippen molar-refractivity contribution in [3.05, 3.63) is 77.7 Å². The van der Waals surface area contributed by atoms with E-state index in [2.05, 4.69) is 20.3 Å². The molecule has 5 rings (SSSR count). The molecule has 0 atom stereocenters. The maximum absolute atomic E-state index is 14.3. The predicted octanol–water partition coefficient (Wildman–Crippen LogP) is 5.20. The summed E-state index contributed by atoms with van der Waals surface area (Å²) in [5.41, 5.74) is 10.0. The maximum Gasteiger partial charge on any atom is 0.133 e. The number of nitrogens with two attached hydrogens (primary N) is 1. The van der Waals surface area contributed by atoms with Gasteiger partial charge < -0.3 is 15.8 Å². The minimum Gasteiger partial charge on any atom is -0.397 e. The summed E-state index contributed by atoms with van der Waals surface area (Å²) in [5.74, 6) is -0.945. The summed E-state index contributed by atoms with van der Waals surface area (Å²) in [6, 6.07) is 12.2. The SMILES string of the molecule is Nc1cc(-c2cnn(CCN3CCOCC3)c2)ccc1Nc1cc(-c2ccc(F)cc2F)cc(Cl)n1. The van der Waals surface area contributed by atoms with Crippen LogP contribution in [0.5, 0.6) is 0 Å². The van der Waals surface area contributed by atoms with Crippen LogP contribution in [-0.2, 0) is 11.3 Å². The third kappa shape index (κ3) is 5.64. The standard InChI is InChI=1S/C26H25ClF2N6O/c27-25-12-18(21-3-2-20(28)14-22(21)29)13-26(33-25)32-24-4-1-17(11-23(24)30)19-15-31-35(16-19)6-5-34-7-9-36-10-8-34/h1-4,11-16H,5-10,30H2,(H,32,33). The van der Waals surface area contributed by atoms with Crippen LogP contribution < -0.4 is 11.1 Å². The summed E-state index contributed by atoms with van der Waals surface area (Å²) >= 11 is 6.17. The van der Waals surface area contributed by atoms with E-state index >= 15 is 0 Å². The molecule has 2 aromatic heterocycles. The Balaban J connectivity index is 1.30. The van der Waals surface area contributed by atoms with Crippen molar-refractivity contribution in [2.75, 3.05) is 43.9 Å². The van der Waals surface area contributed by atoms with Gasteiger partial charge in [-0.05, 0) is 47.5 Å². The van der Waals surface area contributed by atoms with Crippen LogP contribution in [0, 0.1) is 11.6 Å². The molecule has 3 N–H and O–H groups in total. The van der Waals surface area contributed by atoms with E-state index in [1.54, 1.807) is 6.07 Å². The lowest BCUT2D eigenvalue weighted by molar-refractivity contribution is 0.0360. The Kier molecular flexibility index (Phi) is 7.13. The Morgan fingerprint density at radius 1 is 0.972 bits per heavy atom. The molecule has 1 aliphatic heterocycles. The van der Waals surface area contributed by atoms with Gasteiger partial charge in [0.15, 0.2) is 0 Å². The van der Waals surface area contributed by atoms with Gasteiger partial charge in [-0.25, -0.2) is 13.8 Å². The number of nitrogen functional groups attached to an aromatic ring is 1. The fraction of sp³-hybridized carbons (Fsp3) is 0.231. The van der Waals surface area contributed by atoms with Crippen LogP contribution in [0.2, 0.25) is 5.15 Å². The zero-order chi connectivity index (χ0) is 25.1. The summed E-state index contributed by atoms with van der Waals surface area (Å²) in [4.78, 5) is 6.63. The molecule has 0 radical (unpaired) electrons. The summed E-state index contributed by atoms with van der Waals surface area (Å²) in [5, 5.41) is 7.79. The van der Waals surface area contributed by atoms with Crippen LogP contribution in [0.3, 0.4) is 0 Å². The van der Waals surface area contributed by atoms with Crippen LogP contribution in [0.4, 0.5) is 26.0 Å². The number of rotatable bonds is 7. The van der Waals surface area contributed by atoms with Crippen LogP contribution in [0.1, 0.15) is 0 Å². The third-order valence-electron chi connectivity index (χ3n) is 6.07. The average molecular weight is 511 g/mol. The molecule has 0 amide bonds. The quantitative estimate of drug-likeness (QED) is 0.263. The molecule has 1 saturated heterocycles. The second-order valence-corrected chi connectivity index (χ2v) is 8.95. The molecule has 1 fully saturated rings. The van der Waals surface area contributed by atoms with Gasteiger partial charge in [0, 0.05) is 43.0 Å². The minimum atomic E-state index is -0.683. The lowest BCUT2D eigenvalue weighted by Gasteiger charge is -2.26. The van der Waals surface area contributed by atoms with Crippen LogP contribution in [0.25, 0.3) is 22.3 Å². The van der Waals surface area contributed by atoms with Gasteiger partial charge in [0.05, 0.1) is 37.3 Å². The molecule has 7 nitrogen and oxygen atoms in total. The van der Waals surface area contributed by atoms with E-state index in [0.29, 0.717) is 22.8 Å². The molecular formula is C26H25ClF2N6O. The lowest BCUT2D eigenvalue weighted by Crippen LogP contribution is -2.38. The first-order chi connectivity index (χ1) is 17.4. The molecule has 36 heavy (non-hydrogen) atoms. The number of pyridine rings is 1. The van der Waals surface area contributed by atoms with Crippen molar-refractivity contribution in [1.82, 2.24) is 19.7 Å². The molecule has 0 unspecified atom stereocenters. The first-order valence-corrected chi connectivity index (χ1v) is 11.9. The Morgan fingerprint density at radius 2 is 1.81 bits per heavy atom. The number of halogens is 3. The largest absolute Gasteiger partial charge is 0.397 e. The van der Waals surface area contributed by atoms with Crippen LogP contribution in [-0.4, -0.2) is 52.5 Å². The minimum absolute atomic E-state index is 0.165. The Bertz CT molecular complexity index is 1370. The zero-order valence-corrected chi connectivity index (χ0v) is 20.2. The fourth-order valence-corrected chi connectivity index (χ4v) is 4.35. The van der Waals surface area contributed by atoms with Crippen LogP contribution >= 0.6 is 11.6 Å². The highest BCUT2D eigenvalue weighted by Gasteiger charge is 2.13. The average Bonchev–Trinajstić information content (AvgIpc) is 3.33. The number of anilines is 3. The molecular weight excluding hydrogens is 486 g/mol. The van der Waals surface area contributed by atoms with Gasteiger partial charge in [-0.3, -0.25) is 9.58 Å². The summed E-state index contributed by atoms with van der Waals surface area (Å²) < 4.78 is 34.9. The Labute approximate surface area is 212 Å². The number of aromatic nitrogens is 3. The molecule has 0 saturated carbocycles. The normalized spacial score (nSPS) is 14.2. The lowest BCUT2D eigenvalue weighted by atomic mass is 10.1. The van der Waals surface area contributed by atoms with Crippen LogP contribution in [0.15, 0.2) is 60.9 Å². The molecule has 0 bridgehead atoms. The van der Waals surface area contributed by atoms with Gasteiger partial charge in [0.1, 0.15) is 22.6 Å². The van der Waals surface area contributed by atoms with Gasteiger partial charge in [0.2, 0.25) is 0 Å².